The van der Waals surface area contributed by atoms with Crippen LogP contribution in [0.25, 0.3) is 0 Å². The van der Waals surface area contributed by atoms with Crippen LogP contribution < -0.4 is 11.3 Å². The maximum Gasteiger partial charge on any atom is 0.0495 e. The summed E-state index contributed by atoms with van der Waals surface area (Å²) in [7, 11) is 0. The molecule has 0 radical (unpaired) electrons. The highest BCUT2D eigenvalue weighted by atomic mass is 16.5. The molecule has 0 amide bonds. The van der Waals surface area contributed by atoms with E-state index in [9.17, 15) is 0 Å². The van der Waals surface area contributed by atoms with Crippen LogP contribution in [0.15, 0.2) is 18.2 Å². The first-order valence-electron chi connectivity index (χ1n) is 6.32. The Morgan fingerprint density at radius 2 is 2.29 bits per heavy atom. The molecule has 1 aliphatic rings. The van der Waals surface area contributed by atoms with Crippen LogP contribution in [0.1, 0.15) is 35.6 Å². The molecule has 1 aromatic carbocycles. The maximum atomic E-state index is 5.71. The quantitative estimate of drug-likeness (QED) is 0.620. The number of nitrogens with one attached hydrogen (secondary N) is 1. The number of hydrazine groups is 1. The third-order valence-electron chi connectivity index (χ3n) is 3.82. The molecule has 2 rings (SSSR count). The van der Waals surface area contributed by atoms with E-state index in [0.717, 1.165) is 26.1 Å². The van der Waals surface area contributed by atoms with Gasteiger partial charge in [-0.15, -0.1) is 0 Å². The van der Waals surface area contributed by atoms with Crippen LogP contribution in [0, 0.1) is 19.8 Å². The van der Waals surface area contributed by atoms with Crippen LogP contribution in [-0.4, -0.2) is 13.2 Å². The molecule has 94 valence electrons. The number of ether oxygens (including phenoxy) is 1. The van der Waals surface area contributed by atoms with Crippen LogP contribution in [0.2, 0.25) is 0 Å². The molecule has 17 heavy (non-hydrogen) atoms. The molecule has 1 aliphatic heterocycles. The molecule has 2 unspecified atom stereocenters. The molecule has 0 bridgehead atoms. The fourth-order valence-corrected chi connectivity index (χ4v) is 2.54. The highest BCUT2D eigenvalue weighted by molar-refractivity contribution is 5.35. The van der Waals surface area contributed by atoms with Gasteiger partial charge in [0.15, 0.2) is 0 Å². The molecule has 1 aromatic rings. The zero-order chi connectivity index (χ0) is 12.3. The van der Waals surface area contributed by atoms with Crippen molar-refractivity contribution in [2.75, 3.05) is 13.2 Å². The van der Waals surface area contributed by atoms with Gasteiger partial charge in [-0.25, -0.2) is 0 Å². The van der Waals surface area contributed by atoms with Crippen molar-refractivity contribution in [3.63, 3.8) is 0 Å². The van der Waals surface area contributed by atoms with Crippen LogP contribution in [-0.2, 0) is 4.74 Å². The van der Waals surface area contributed by atoms with Crippen molar-refractivity contribution in [1.82, 2.24) is 5.43 Å². The molecule has 3 N–H and O–H groups in total. The third-order valence-corrected chi connectivity index (χ3v) is 3.82. The van der Waals surface area contributed by atoms with Gasteiger partial charge in [0.1, 0.15) is 0 Å². The summed E-state index contributed by atoms with van der Waals surface area (Å²) in [5.74, 6) is 6.35. The van der Waals surface area contributed by atoms with E-state index in [1.165, 1.54) is 16.7 Å². The SMILES string of the molecule is Cc1cccc(C(CC2CCOC2)NN)c1C. The number of benzene rings is 1. The van der Waals surface area contributed by atoms with Crippen molar-refractivity contribution >= 4 is 0 Å². The zero-order valence-electron chi connectivity index (χ0n) is 10.7. The number of rotatable bonds is 4. The van der Waals surface area contributed by atoms with Gasteiger partial charge < -0.3 is 4.74 Å². The van der Waals surface area contributed by atoms with Gasteiger partial charge in [-0.05, 0) is 49.3 Å². The van der Waals surface area contributed by atoms with Crippen molar-refractivity contribution in [3.8, 4) is 0 Å². The number of nitrogens with two attached hydrogens (primary N) is 1. The summed E-state index contributed by atoms with van der Waals surface area (Å²) in [4.78, 5) is 0. The van der Waals surface area contributed by atoms with Crippen molar-refractivity contribution in [1.29, 1.82) is 0 Å². The van der Waals surface area contributed by atoms with Gasteiger partial charge in [0.2, 0.25) is 0 Å². The van der Waals surface area contributed by atoms with E-state index >= 15 is 0 Å². The average molecular weight is 234 g/mol. The van der Waals surface area contributed by atoms with E-state index in [0.29, 0.717) is 5.92 Å². The molecule has 3 nitrogen and oxygen atoms in total. The normalized spacial score (nSPS) is 21.7. The average Bonchev–Trinajstić information content (AvgIpc) is 2.83. The van der Waals surface area contributed by atoms with Crippen LogP contribution in [0.3, 0.4) is 0 Å². The predicted molar refractivity (Wildman–Crippen MR) is 69.5 cm³/mol. The van der Waals surface area contributed by atoms with E-state index in [4.69, 9.17) is 10.6 Å². The molecule has 2 atom stereocenters. The summed E-state index contributed by atoms with van der Waals surface area (Å²) in [5.41, 5.74) is 6.94. The van der Waals surface area contributed by atoms with Gasteiger partial charge >= 0.3 is 0 Å². The molecule has 0 spiro atoms. The van der Waals surface area contributed by atoms with Crippen molar-refractivity contribution < 1.29 is 4.74 Å². The minimum Gasteiger partial charge on any atom is -0.381 e. The topological polar surface area (TPSA) is 47.3 Å². The van der Waals surface area contributed by atoms with E-state index < -0.39 is 0 Å². The first-order chi connectivity index (χ1) is 8.22. The second-order valence-corrected chi connectivity index (χ2v) is 4.97. The summed E-state index contributed by atoms with van der Waals surface area (Å²) in [6.45, 7) is 6.09. The minimum atomic E-state index is 0.238. The summed E-state index contributed by atoms with van der Waals surface area (Å²) in [6, 6.07) is 6.66. The molecule has 0 aromatic heterocycles. The van der Waals surface area contributed by atoms with Gasteiger partial charge in [0.25, 0.3) is 0 Å². The molecule has 1 heterocycles. The Balaban J connectivity index is 2.13. The molecule has 1 fully saturated rings. The first-order valence-corrected chi connectivity index (χ1v) is 6.32. The highest BCUT2D eigenvalue weighted by Gasteiger charge is 2.22. The fourth-order valence-electron chi connectivity index (χ4n) is 2.54. The lowest BCUT2D eigenvalue weighted by molar-refractivity contribution is 0.181. The molecular formula is C14H22N2O. The molecule has 1 saturated heterocycles. The van der Waals surface area contributed by atoms with Gasteiger partial charge in [0, 0.05) is 19.3 Å². The Hall–Kier alpha value is -0.900. The smallest absolute Gasteiger partial charge is 0.0495 e. The fraction of sp³-hybridized carbons (Fsp3) is 0.571. The molecule has 0 saturated carbocycles. The standard InChI is InChI=1S/C14H22N2O/c1-10-4-3-5-13(11(10)2)14(16-15)8-12-6-7-17-9-12/h3-5,12,14,16H,6-9,15H2,1-2H3. The molecule has 0 aliphatic carbocycles. The van der Waals surface area contributed by atoms with Gasteiger partial charge in [-0.3, -0.25) is 11.3 Å². The first kappa shape index (κ1) is 12.6. The summed E-state index contributed by atoms with van der Waals surface area (Å²) >= 11 is 0. The lowest BCUT2D eigenvalue weighted by Crippen LogP contribution is -2.30. The Morgan fingerprint density at radius 3 is 2.94 bits per heavy atom. The number of aryl methyl sites for hydroxylation is 1. The summed E-state index contributed by atoms with van der Waals surface area (Å²) in [5, 5.41) is 0. The minimum absolute atomic E-state index is 0.238. The second-order valence-electron chi connectivity index (χ2n) is 4.97. The molecule has 3 heteroatoms. The maximum absolute atomic E-state index is 5.71. The second kappa shape index (κ2) is 5.63. The van der Waals surface area contributed by atoms with E-state index in [2.05, 4.69) is 37.5 Å². The van der Waals surface area contributed by atoms with Crippen LogP contribution in [0.5, 0.6) is 0 Å². The predicted octanol–water partition coefficient (Wildman–Crippen LogP) is 2.23. The molecular weight excluding hydrogens is 212 g/mol. The lowest BCUT2D eigenvalue weighted by atomic mass is 9.90. The Morgan fingerprint density at radius 1 is 1.47 bits per heavy atom. The van der Waals surface area contributed by atoms with Crippen molar-refractivity contribution in [2.24, 2.45) is 11.8 Å². The number of hydrogen-bond acceptors (Lipinski definition) is 3. The number of hydrogen-bond donors (Lipinski definition) is 2. The lowest BCUT2D eigenvalue weighted by Gasteiger charge is -2.22. The Kier molecular flexibility index (Phi) is 4.15. The Labute approximate surface area is 103 Å². The van der Waals surface area contributed by atoms with Gasteiger partial charge in [-0.1, -0.05) is 18.2 Å². The van der Waals surface area contributed by atoms with Crippen LogP contribution in [0.4, 0.5) is 0 Å². The van der Waals surface area contributed by atoms with Crippen LogP contribution >= 0.6 is 0 Å². The van der Waals surface area contributed by atoms with Gasteiger partial charge in [0.05, 0.1) is 0 Å². The highest BCUT2D eigenvalue weighted by Crippen LogP contribution is 2.28. The van der Waals surface area contributed by atoms with E-state index in [-0.39, 0.29) is 6.04 Å². The largest absolute Gasteiger partial charge is 0.381 e. The zero-order valence-corrected chi connectivity index (χ0v) is 10.7. The van der Waals surface area contributed by atoms with Gasteiger partial charge in [-0.2, -0.15) is 0 Å². The monoisotopic (exact) mass is 234 g/mol. The van der Waals surface area contributed by atoms with Crippen molar-refractivity contribution in [2.45, 2.75) is 32.7 Å². The Bertz CT molecular complexity index is 372. The summed E-state index contributed by atoms with van der Waals surface area (Å²) < 4.78 is 5.42. The summed E-state index contributed by atoms with van der Waals surface area (Å²) in [6.07, 6.45) is 2.21. The third kappa shape index (κ3) is 2.86. The van der Waals surface area contributed by atoms with E-state index in [1.807, 2.05) is 0 Å². The van der Waals surface area contributed by atoms with Crippen molar-refractivity contribution in [3.05, 3.63) is 34.9 Å². The van der Waals surface area contributed by atoms with E-state index in [1.54, 1.807) is 0 Å².